The average Bonchev–Trinajstić information content (AvgIpc) is 2.33. The Hall–Kier alpha value is 0.576. The first-order chi connectivity index (χ1) is 9.38. The van der Waals surface area contributed by atoms with E-state index in [0.29, 0.717) is 0 Å². The Morgan fingerprint density at radius 3 is 1.24 bits per heavy atom. The predicted molar refractivity (Wildman–Crippen MR) is 83.0 cm³/mol. The molecule has 0 atom stereocenters. The van der Waals surface area contributed by atoms with Crippen molar-refractivity contribution >= 4 is 11.9 Å². The molecule has 0 aromatic carbocycles. The van der Waals surface area contributed by atoms with Crippen molar-refractivity contribution in [2.75, 3.05) is 0 Å². The monoisotopic (exact) mass is 328 g/mol. The van der Waals surface area contributed by atoms with Crippen LogP contribution in [-0.2, 0) is 9.59 Å². The summed E-state index contributed by atoms with van der Waals surface area (Å²) in [5.41, 5.74) is 0. The van der Waals surface area contributed by atoms with Crippen molar-refractivity contribution in [2.45, 2.75) is 79.1 Å². The maximum absolute atomic E-state index is 10.2. The van der Waals surface area contributed by atoms with Gasteiger partial charge in [0, 0.05) is 0 Å². The SMILES string of the molecule is CC(C)C(C(=O)O)C(=O)O.CCCCCCCCCC.[H-].[K+]. The fourth-order valence-electron chi connectivity index (χ4n) is 1.88. The second kappa shape index (κ2) is 18.6. The van der Waals surface area contributed by atoms with Crippen molar-refractivity contribution in [3.8, 4) is 0 Å². The topological polar surface area (TPSA) is 74.6 Å². The van der Waals surface area contributed by atoms with E-state index < -0.39 is 17.9 Å². The van der Waals surface area contributed by atoms with Gasteiger partial charge in [-0.2, -0.15) is 0 Å². The van der Waals surface area contributed by atoms with Crippen LogP contribution in [0.2, 0.25) is 0 Å². The van der Waals surface area contributed by atoms with E-state index in [2.05, 4.69) is 13.8 Å². The van der Waals surface area contributed by atoms with Gasteiger partial charge >= 0.3 is 63.3 Å². The third-order valence-corrected chi connectivity index (χ3v) is 3.16. The summed E-state index contributed by atoms with van der Waals surface area (Å²) < 4.78 is 0. The smallest absolute Gasteiger partial charge is 1.00 e. The van der Waals surface area contributed by atoms with E-state index in [1.54, 1.807) is 13.8 Å². The van der Waals surface area contributed by atoms with Crippen molar-refractivity contribution in [2.24, 2.45) is 11.8 Å². The molecule has 0 saturated carbocycles. The molecule has 2 N–H and O–H groups in total. The molecular weight excluding hydrogens is 295 g/mol. The minimum atomic E-state index is -1.28. The van der Waals surface area contributed by atoms with Crippen LogP contribution in [0.3, 0.4) is 0 Å². The number of unbranched alkanes of at least 4 members (excludes halogenated alkanes) is 7. The molecule has 4 nitrogen and oxygen atoms in total. The van der Waals surface area contributed by atoms with E-state index in [1.165, 1.54) is 51.4 Å². The van der Waals surface area contributed by atoms with Gasteiger partial charge in [0.05, 0.1) is 0 Å². The zero-order valence-corrected chi connectivity index (χ0v) is 17.6. The maximum atomic E-state index is 10.2. The molecule has 0 aromatic rings. The quantitative estimate of drug-likeness (QED) is 0.363. The summed E-state index contributed by atoms with van der Waals surface area (Å²) in [5, 5.41) is 16.7. The summed E-state index contributed by atoms with van der Waals surface area (Å²) in [7, 11) is 0. The van der Waals surface area contributed by atoms with Crippen LogP contribution in [0.25, 0.3) is 0 Å². The summed E-state index contributed by atoms with van der Waals surface area (Å²) >= 11 is 0. The summed E-state index contributed by atoms with van der Waals surface area (Å²) in [6.07, 6.45) is 11.5. The number of carboxylic acid groups (broad SMARTS) is 2. The Kier molecular flexibility index (Phi) is 23.5. The van der Waals surface area contributed by atoms with Gasteiger partial charge in [0.25, 0.3) is 0 Å². The average molecular weight is 329 g/mol. The molecule has 0 radical (unpaired) electrons. The fourth-order valence-corrected chi connectivity index (χ4v) is 1.88. The summed E-state index contributed by atoms with van der Waals surface area (Å²) in [6.45, 7) is 7.66. The number of hydrogen-bond donors (Lipinski definition) is 2. The first-order valence-corrected chi connectivity index (χ1v) is 7.84. The van der Waals surface area contributed by atoms with Crippen LogP contribution >= 0.6 is 0 Å². The molecule has 0 saturated heterocycles. The van der Waals surface area contributed by atoms with E-state index in [4.69, 9.17) is 10.2 Å². The third kappa shape index (κ3) is 18.5. The Bertz CT molecular complexity index is 239. The third-order valence-electron chi connectivity index (χ3n) is 3.16. The van der Waals surface area contributed by atoms with Crippen molar-refractivity contribution in [3.05, 3.63) is 0 Å². The number of rotatable bonds is 10. The van der Waals surface area contributed by atoms with Gasteiger partial charge < -0.3 is 11.6 Å². The minimum Gasteiger partial charge on any atom is -1.00 e. The summed E-state index contributed by atoms with van der Waals surface area (Å²) in [6, 6.07) is 0. The number of carboxylic acids is 2. The standard InChI is InChI=1S/C10H22.C6H10O4.K.H/c1-3-5-7-9-10-8-6-4-2;1-3(2)4(5(7)8)6(9)10;;/h3-10H2,1-2H3;3-4H,1-2H3,(H,7,8)(H,9,10);;/q;;+1;-1. The van der Waals surface area contributed by atoms with Gasteiger partial charge in [-0.05, 0) is 5.92 Å². The zero-order valence-electron chi connectivity index (χ0n) is 15.5. The second-order valence-electron chi connectivity index (χ2n) is 5.52. The molecule has 0 aliphatic rings. The van der Waals surface area contributed by atoms with Gasteiger partial charge in [0.1, 0.15) is 0 Å². The van der Waals surface area contributed by atoms with Crippen molar-refractivity contribution < 1.29 is 72.6 Å². The van der Waals surface area contributed by atoms with Gasteiger partial charge in [0.2, 0.25) is 0 Å². The van der Waals surface area contributed by atoms with Crippen LogP contribution < -0.4 is 51.4 Å². The van der Waals surface area contributed by atoms with Gasteiger partial charge in [-0.25, -0.2) is 0 Å². The van der Waals surface area contributed by atoms with E-state index >= 15 is 0 Å². The molecule has 0 fully saturated rings. The molecule has 0 heterocycles. The Balaban J connectivity index is -0.000000135. The molecule has 0 unspecified atom stereocenters. The summed E-state index contributed by atoms with van der Waals surface area (Å²) in [4.78, 5) is 20.4. The molecule has 0 spiro atoms. The van der Waals surface area contributed by atoms with E-state index in [1.807, 2.05) is 0 Å². The van der Waals surface area contributed by atoms with Gasteiger partial charge in [-0.1, -0.05) is 79.1 Å². The summed E-state index contributed by atoms with van der Waals surface area (Å²) in [5.74, 6) is -4.19. The van der Waals surface area contributed by atoms with E-state index in [0.717, 1.165) is 0 Å². The molecule has 5 heteroatoms. The molecule has 21 heavy (non-hydrogen) atoms. The molecular formula is C16H33KO4. The molecule has 0 bridgehead atoms. The molecule has 0 aliphatic carbocycles. The van der Waals surface area contributed by atoms with Gasteiger partial charge in [-0.3, -0.25) is 9.59 Å². The van der Waals surface area contributed by atoms with Gasteiger partial charge in [0.15, 0.2) is 5.92 Å². The van der Waals surface area contributed by atoms with Crippen LogP contribution in [0.5, 0.6) is 0 Å². The fraction of sp³-hybridized carbons (Fsp3) is 0.875. The Morgan fingerprint density at radius 2 is 1.10 bits per heavy atom. The van der Waals surface area contributed by atoms with E-state index in [9.17, 15) is 9.59 Å². The number of carbonyl (C=O) groups is 2. The number of hydrogen-bond acceptors (Lipinski definition) is 2. The first-order valence-electron chi connectivity index (χ1n) is 7.84. The second-order valence-corrected chi connectivity index (χ2v) is 5.52. The van der Waals surface area contributed by atoms with Gasteiger partial charge in [-0.15, -0.1) is 0 Å². The molecule has 0 rings (SSSR count). The predicted octanol–water partition coefficient (Wildman–Crippen LogP) is 1.69. The first kappa shape index (κ1) is 26.5. The van der Waals surface area contributed by atoms with E-state index in [-0.39, 0.29) is 58.7 Å². The normalized spacial score (nSPS) is 9.81. The Labute approximate surface area is 174 Å². The van der Waals surface area contributed by atoms with Crippen LogP contribution in [0.4, 0.5) is 0 Å². The molecule has 0 amide bonds. The minimum absolute atomic E-state index is 0. The van der Waals surface area contributed by atoms with Crippen molar-refractivity contribution in [3.63, 3.8) is 0 Å². The zero-order chi connectivity index (χ0) is 16.0. The van der Waals surface area contributed by atoms with Crippen molar-refractivity contribution in [1.29, 1.82) is 0 Å². The van der Waals surface area contributed by atoms with Crippen LogP contribution in [0.1, 0.15) is 80.5 Å². The Morgan fingerprint density at radius 1 is 0.810 bits per heavy atom. The largest absolute Gasteiger partial charge is 1.00 e. The van der Waals surface area contributed by atoms with Crippen LogP contribution in [0.15, 0.2) is 0 Å². The van der Waals surface area contributed by atoms with Crippen LogP contribution in [0, 0.1) is 11.8 Å². The maximum Gasteiger partial charge on any atom is 1.00 e. The molecule has 0 aliphatic heterocycles. The van der Waals surface area contributed by atoms with Crippen molar-refractivity contribution in [1.82, 2.24) is 0 Å². The molecule has 122 valence electrons. The van der Waals surface area contributed by atoms with Crippen LogP contribution in [-0.4, -0.2) is 22.2 Å². The molecule has 0 aromatic heterocycles. The number of aliphatic carboxylic acids is 2.